The van der Waals surface area contributed by atoms with Gasteiger partial charge in [0.1, 0.15) is 5.60 Å². The molecule has 1 aromatic carbocycles. The summed E-state index contributed by atoms with van der Waals surface area (Å²) < 4.78 is 31.8. The van der Waals surface area contributed by atoms with Gasteiger partial charge in [0.15, 0.2) is 5.82 Å². The molecule has 2 aliphatic rings. The van der Waals surface area contributed by atoms with E-state index in [1.54, 1.807) is 4.90 Å². The van der Waals surface area contributed by atoms with Crippen molar-refractivity contribution >= 4 is 27.8 Å². The normalized spacial score (nSPS) is 18.1. The lowest BCUT2D eigenvalue weighted by Crippen LogP contribution is -2.49. The SMILES string of the molecule is Cc1ccc(CN2CCN(C(=O)n3ccc(NS(C)(=O)=O)n3)CC2)cc1C1CCN(CC(=O)OC(C)(C)C)CC1. The minimum absolute atomic E-state index is 0.123. The number of aromatic nitrogens is 2. The number of aryl methyl sites for hydroxylation is 1. The van der Waals surface area contributed by atoms with Crippen molar-refractivity contribution in [2.45, 2.75) is 58.6 Å². The maximum Gasteiger partial charge on any atom is 0.344 e. The number of anilines is 1. The van der Waals surface area contributed by atoms with Crippen LogP contribution in [0.3, 0.4) is 0 Å². The molecule has 2 fully saturated rings. The van der Waals surface area contributed by atoms with Gasteiger partial charge in [-0.2, -0.15) is 4.68 Å². The molecule has 0 radical (unpaired) electrons. The zero-order chi connectivity index (χ0) is 29.1. The fourth-order valence-electron chi connectivity index (χ4n) is 5.36. The van der Waals surface area contributed by atoms with Crippen LogP contribution in [0.5, 0.6) is 0 Å². The number of piperazine rings is 1. The fourth-order valence-corrected chi connectivity index (χ4v) is 5.85. The average Bonchev–Trinajstić information content (AvgIpc) is 3.31. The predicted molar refractivity (Wildman–Crippen MR) is 154 cm³/mol. The van der Waals surface area contributed by atoms with Crippen molar-refractivity contribution in [1.29, 1.82) is 0 Å². The van der Waals surface area contributed by atoms with E-state index in [1.807, 2.05) is 20.8 Å². The van der Waals surface area contributed by atoms with Crippen molar-refractivity contribution in [3.8, 4) is 0 Å². The van der Waals surface area contributed by atoms with Gasteiger partial charge in [0.25, 0.3) is 0 Å². The first-order chi connectivity index (χ1) is 18.8. The van der Waals surface area contributed by atoms with Crippen LogP contribution in [0.1, 0.15) is 56.2 Å². The van der Waals surface area contributed by atoms with E-state index in [1.165, 1.54) is 33.6 Å². The first-order valence-electron chi connectivity index (χ1n) is 13.8. The molecule has 0 unspecified atom stereocenters. The molecular formula is C28H42N6O5S. The Hall–Kier alpha value is -2.96. The molecule has 40 heavy (non-hydrogen) atoms. The first-order valence-corrected chi connectivity index (χ1v) is 15.7. The van der Waals surface area contributed by atoms with E-state index < -0.39 is 15.6 Å². The van der Waals surface area contributed by atoms with Gasteiger partial charge in [-0.15, -0.1) is 5.10 Å². The highest BCUT2D eigenvalue weighted by Gasteiger charge is 2.26. The Morgan fingerprint density at radius 1 is 1.02 bits per heavy atom. The Bertz CT molecular complexity index is 1300. The van der Waals surface area contributed by atoms with Gasteiger partial charge in [-0.1, -0.05) is 18.2 Å². The zero-order valence-electron chi connectivity index (χ0n) is 24.2. The van der Waals surface area contributed by atoms with Crippen LogP contribution in [0.25, 0.3) is 0 Å². The second-order valence-corrected chi connectivity index (χ2v) is 13.6. The number of likely N-dealkylation sites (tertiary alicyclic amines) is 1. The molecule has 3 heterocycles. The smallest absolute Gasteiger partial charge is 0.344 e. The molecule has 0 aliphatic carbocycles. The quantitative estimate of drug-likeness (QED) is 0.502. The summed E-state index contributed by atoms with van der Waals surface area (Å²) in [6, 6.07) is 7.93. The molecule has 1 N–H and O–H groups in total. The number of hydrogen-bond acceptors (Lipinski definition) is 8. The van der Waals surface area contributed by atoms with Crippen molar-refractivity contribution in [2.24, 2.45) is 0 Å². The molecule has 12 heteroatoms. The van der Waals surface area contributed by atoms with Gasteiger partial charge in [-0.05, 0) is 76.2 Å². The van der Waals surface area contributed by atoms with Gasteiger partial charge in [-0.25, -0.2) is 13.2 Å². The highest BCUT2D eigenvalue weighted by Crippen LogP contribution is 2.31. The molecule has 0 saturated carbocycles. The third-order valence-electron chi connectivity index (χ3n) is 7.27. The van der Waals surface area contributed by atoms with Crippen LogP contribution in [0, 0.1) is 6.92 Å². The van der Waals surface area contributed by atoms with Gasteiger partial charge in [0.05, 0.1) is 12.8 Å². The topological polar surface area (TPSA) is 117 Å². The van der Waals surface area contributed by atoms with E-state index in [0.29, 0.717) is 25.6 Å². The highest BCUT2D eigenvalue weighted by atomic mass is 32.2. The molecule has 4 rings (SSSR count). The van der Waals surface area contributed by atoms with Crippen LogP contribution in [-0.2, 0) is 26.1 Å². The molecule has 0 atom stereocenters. The summed E-state index contributed by atoms with van der Waals surface area (Å²) in [5, 5.41) is 4.05. The largest absolute Gasteiger partial charge is 0.459 e. The maximum atomic E-state index is 12.8. The van der Waals surface area contributed by atoms with Crippen LogP contribution in [0.2, 0.25) is 0 Å². The molecule has 11 nitrogen and oxygen atoms in total. The minimum atomic E-state index is -3.45. The molecule has 1 amide bonds. The van der Waals surface area contributed by atoms with E-state index in [4.69, 9.17) is 4.74 Å². The zero-order valence-corrected chi connectivity index (χ0v) is 25.0. The summed E-state index contributed by atoms with van der Waals surface area (Å²) in [4.78, 5) is 31.3. The van der Waals surface area contributed by atoms with Crippen molar-refractivity contribution in [3.05, 3.63) is 47.2 Å². The van der Waals surface area contributed by atoms with Crippen molar-refractivity contribution in [1.82, 2.24) is 24.5 Å². The molecule has 0 bridgehead atoms. The number of nitrogens with zero attached hydrogens (tertiary/aromatic N) is 5. The van der Waals surface area contributed by atoms with E-state index in [-0.39, 0.29) is 17.8 Å². The number of hydrogen-bond donors (Lipinski definition) is 1. The Morgan fingerprint density at radius 2 is 1.70 bits per heavy atom. The van der Waals surface area contributed by atoms with Crippen LogP contribution < -0.4 is 4.72 Å². The van der Waals surface area contributed by atoms with Crippen LogP contribution in [0.15, 0.2) is 30.5 Å². The fraction of sp³-hybridized carbons (Fsp3) is 0.607. The summed E-state index contributed by atoms with van der Waals surface area (Å²) >= 11 is 0. The maximum absolute atomic E-state index is 12.8. The second kappa shape index (κ2) is 12.3. The number of carbonyl (C=O) groups is 2. The summed E-state index contributed by atoms with van der Waals surface area (Å²) in [7, 11) is -3.45. The van der Waals surface area contributed by atoms with E-state index in [2.05, 4.69) is 44.7 Å². The number of amides is 1. The van der Waals surface area contributed by atoms with Gasteiger partial charge in [0.2, 0.25) is 10.0 Å². The Kier molecular flexibility index (Phi) is 9.21. The number of benzene rings is 1. The molecule has 1 aromatic heterocycles. The summed E-state index contributed by atoms with van der Waals surface area (Å²) in [6.45, 7) is 13.4. The lowest BCUT2D eigenvalue weighted by Gasteiger charge is -2.35. The van der Waals surface area contributed by atoms with Crippen molar-refractivity contribution in [2.75, 3.05) is 56.8 Å². The monoisotopic (exact) mass is 574 g/mol. The Morgan fingerprint density at radius 3 is 2.33 bits per heavy atom. The summed E-state index contributed by atoms with van der Waals surface area (Å²) in [5.41, 5.74) is 3.49. The third-order valence-corrected chi connectivity index (χ3v) is 7.85. The average molecular weight is 575 g/mol. The number of ether oxygens (including phenoxy) is 1. The molecule has 2 saturated heterocycles. The molecule has 2 aliphatic heterocycles. The lowest BCUT2D eigenvalue weighted by molar-refractivity contribution is -0.156. The molecular weight excluding hydrogens is 532 g/mol. The Labute approximate surface area is 237 Å². The molecule has 0 spiro atoms. The number of rotatable bonds is 7. The van der Waals surface area contributed by atoms with Gasteiger partial charge in [-0.3, -0.25) is 19.3 Å². The number of nitrogens with one attached hydrogen (secondary N) is 1. The van der Waals surface area contributed by atoms with E-state index in [9.17, 15) is 18.0 Å². The summed E-state index contributed by atoms with van der Waals surface area (Å²) in [5.74, 6) is 0.433. The lowest BCUT2D eigenvalue weighted by atomic mass is 9.86. The standard InChI is InChI=1S/C28H42N6O5S/c1-21-6-7-22(18-24(21)23-8-11-31(12-9-23)20-26(35)39-28(2,3)4)19-32-14-16-33(17-15-32)27(36)34-13-10-25(29-34)30-40(5,37)38/h6-7,10,13,18,23H,8-9,11-12,14-17,19-20H2,1-5H3,(H,29,30). The van der Waals surface area contributed by atoms with Crippen molar-refractivity contribution in [3.63, 3.8) is 0 Å². The first kappa shape index (κ1) is 30.0. The second-order valence-electron chi connectivity index (χ2n) is 11.9. The number of sulfonamides is 1. The van der Waals surface area contributed by atoms with Crippen LogP contribution in [0.4, 0.5) is 10.6 Å². The number of carbonyl (C=O) groups excluding carboxylic acids is 2. The van der Waals surface area contributed by atoms with E-state index in [0.717, 1.165) is 51.8 Å². The van der Waals surface area contributed by atoms with Gasteiger partial charge < -0.3 is 9.64 Å². The summed E-state index contributed by atoms with van der Waals surface area (Å²) in [6.07, 6.45) is 4.55. The highest BCUT2D eigenvalue weighted by molar-refractivity contribution is 7.92. The van der Waals surface area contributed by atoms with Crippen LogP contribution in [-0.4, -0.2) is 103 Å². The Balaban J connectivity index is 1.27. The molecule has 220 valence electrons. The third kappa shape index (κ3) is 8.52. The minimum Gasteiger partial charge on any atom is -0.459 e. The number of piperidine rings is 1. The molecule has 2 aromatic rings. The van der Waals surface area contributed by atoms with Crippen molar-refractivity contribution < 1.29 is 22.7 Å². The predicted octanol–water partition coefficient (Wildman–Crippen LogP) is 2.87. The number of esters is 1. The van der Waals surface area contributed by atoms with Gasteiger partial charge in [0, 0.05) is 45.0 Å². The van der Waals surface area contributed by atoms with Crippen LogP contribution >= 0.6 is 0 Å². The van der Waals surface area contributed by atoms with Gasteiger partial charge >= 0.3 is 12.0 Å². The van der Waals surface area contributed by atoms with E-state index >= 15 is 0 Å².